The molecule has 5 rings (SSSR count). The first-order chi connectivity index (χ1) is 13.8. The molecule has 0 spiro atoms. The molecule has 2 aromatic carbocycles. The van der Waals surface area contributed by atoms with Crippen molar-refractivity contribution in [3.63, 3.8) is 0 Å². The molecular formula is C22H18N4O2. The van der Waals surface area contributed by atoms with Gasteiger partial charge in [0.05, 0.1) is 11.1 Å². The molecule has 1 fully saturated rings. The highest BCUT2D eigenvalue weighted by molar-refractivity contribution is 6.05. The number of carbonyl (C=O) groups is 1. The molecular weight excluding hydrogens is 352 g/mol. The third kappa shape index (κ3) is 2.83. The Morgan fingerprint density at radius 1 is 1.04 bits per heavy atom. The molecule has 28 heavy (non-hydrogen) atoms. The van der Waals surface area contributed by atoms with E-state index >= 15 is 0 Å². The first-order valence-corrected chi connectivity index (χ1v) is 9.35. The predicted molar refractivity (Wildman–Crippen MR) is 104 cm³/mol. The minimum Gasteiger partial charge on any atom is -0.337 e. The van der Waals surface area contributed by atoms with E-state index in [9.17, 15) is 4.79 Å². The van der Waals surface area contributed by atoms with E-state index in [1.54, 1.807) is 6.20 Å². The minimum absolute atomic E-state index is 0.0498. The molecule has 1 aliphatic rings. The van der Waals surface area contributed by atoms with Crippen molar-refractivity contribution in [3.8, 4) is 11.4 Å². The van der Waals surface area contributed by atoms with Gasteiger partial charge in [-0.25, -0.2) is 0 Å². The Balaban J connectivity index is 1.47. The zero-order valence-corrected chi connectivity index (χ0v) is 15.2. The quantitative estimate of drug-likeness (QED) is 0.539. The van der Waals surface area contributed by atoms with Gasteiger partial charge >= 0.3 is 0 Å². The van der Waals surface area contributed by atoms with Gasteiger partial charge in [0.2, 0.25) is 11.7 Å². The Kier molecular flexibility index (Phi) is 4.09. The highest BCUT2D eigenvalue weighted by Crippen LogP contribution is 2.34. The molecule has 4 aromatic rings. The fourth-order valence-electron chi connectivity index (χ4n) is 3.77. The van der Waals surface area contributed by atoms with Crippen molar-refractivity contribution in [1.29, 1.82) is 0 Å². The lowest BCUT2D eigenvalue weighted by molar-refractivity contribution is 0.0712. The molecule has 0 bridgehead atoms. The van der Waals surface area contributed by atoms with E-state index < -0.39 is 0 Å². The first kappa shape index (κ1) is 16.6. The fourth-order valence-corrected chi connectivity index (χ4v) is 3.77. The average molecular weight is 370 g/mol. The standard InChI is InChI=1S/C22H18N4O2/c27-22(17-11-4-9-15-10-5-13-23-19(15)17)26-14-6-12-18(26)21-24-20(25-28-21)16-7-2-1-3-8-16/h1-5,7-11,13,18H,6,12,14H2/t18-/m0/s1. The van der Waals surface area contributed by atoms with Crippen LogP contribution in [-0.2, 0) is 0 Å². The number of benzene rings is 2. The van der Waals surface area contributed by atoms with Crippen LogP contribution in [0.2, 0.25) is 0 Å². The van der Waals surface area contributed by atoms with Crippen molar-refractivity contribution in [2.45, 2.75) is 18.9 Å². The second kappa shape index (κ2) is 6.88. The molecule has 6 nitrogen and oxygen atoms in total. The highest BCUT2D eigenvalue weighted by Gasteiger charge is 2.35. The summed E-state index contributed by atoms with van der Waals surface area (Å²) in [7, 11) is 0. The predicted octanol–water partition coefficient (Wildman–Crippen LogP) is 4.26. The summed E-state index contributed by atoms with van der Waals surface area (Å²) in [5, 5.41) is 5.06. The summed E-state index contributed by atoms with van der Waals surface area (Å²) in [6, 6.07) is 19.0. The number of likely N-dealkylation sites (tertiary alicyclic amines) is 1. The van der Waals surface area contributed by atoms with Crippen LogP contribution in [0.5, 0.6) is 0 Å². The van der Waals surface area contributed by atoms with Gasteiger partial charge in [0.15, 0.2) is 0 Å². The van der Waals surface area contributed by atoms with Crippen molar-refractivity contribution in [2.75, 3.05) is 6.54 Å². The largest absolute Gasteiger partial charge is 0.337 e. The maximum absolute atomic E-state index is 13.3. The number of hydrogen-bond donors (Lipinski definition) is 0. The lowest BCUT2D eigenvalue weighted by Crippen LogP contribution is -2.31. The van der Waals surface area contributed by atoms with E-state index in [1.807, 2.05) is 65.6 Å². The monoisotopic (exact) mass is 370 g/mol. The lowest BCUT2D eigenvalue weighted by atomic mass is 10.1. The van der Waals surface area contributed by atoms with Crippen LogP contribution in [0, 0.1) is 0 Å². The van der Waals surface area contributed by atoms with Crippen molar-refractivity contribution >= 4 is 16.8 Å². The molecule has 0 aliphatic carbocycles. The summed E-state index contributed by atoms with van der Waals surface area (Å²) in [6.45, 7) is 0.662. The molecule has 6 heteroatoms. The zero-order chi connectivity index (χ0) is 18.9. The molecule has 1 amide bonds. The average Bonchev–Trinajstić information content (AvgIpc) is 3.43. The van der Waals surface area contributed by atoms with Gasteiger partial charge in [-0.1, -0.05) is 53.7 Å². The van der Waals surface area contributed by atoms with Gasteiger partial charge in [-0.15, -0.1) is 0 Å². The number of carbonyl (C=O) groups excluding carboxylic acids is 1. The topological polar surface area (TPSA) is 72.1 Å². The van der Waals surface area contributed by atoms with Crippen LogP contribution in [-0.4, -0.2) is 32.5 Å². The van der Waals surface area contributed by atoms with Gasteiger partial charge in [0.25, 0.3) is 5.91 Å². The molecule has 1 saturated heterocycles. The number of fused-ring (bicyclic) bond motifs is 1. The Morgan fingerprint density at radius 3 is 2.79 bits per heavy atom. The number of aromatic nitrogens is 3. The minimum atomic E-state index is -0.212. The van der Waals surface area contributed by atoms with E-state index in [0.29, 0.717) is 23.8 Å². The van der Waals surface area contributed by atoms with Gasteiger partial charge in [-0.2, -0.15) is 4.98 Å². The summed E-state index contributed by atoms with van der Waals surface area (Å²) in [5.41, 5.74) is 2.22. The summed E-state index contributed by atoms with van der Waals surface area (Å²) in [6.07, 6.45) is 3.42. The van der Waals surface area contributed by atoms with Crippen molar-refractivity contribution in [1.82, 2.24) is 20.0 Å². The zero-order valence-electron chi connectivity index (χ0n) is 15.2. The smallest absolute Gasteiger partial charge is 0.256 e. The molecule has 1 atom stereocenters. The Hall–Kier alpha value is -3.54. The lowest BCUT2D eigenvalue weighted by Gasteiger charge is -2.22. The normalized spacial score (nSPS) is 16.6. The van der Waals surface area contributed by atoms with Crippen LogP contribution < -0.4 is 0 Å². The highest BCUT2D eigenvalue weighted by atomic mass is 16.5. The number of para-hydroxylation sites is 1. The number of hydrogen-bond acceptors (Lipinski definition) is 5. The summed E-state index contributed by atoms with van der Waals surface area (Å²) < 4.78 is 5.54. The van der Waals surface area contributed by atoms with Gasteiger partial charge in [-0.3, -0.25) is 9.78 Å². The molecule has 0 unspecified atom stereocenters. The van der Waals surface area contributed by atoms with Crippen molar-refractivity contribution in [3.05, 3.63) is 78.3 Å². The Bertz CT molecular complexity index is 1130. The van der Waals surface area contributed by atoms with Crippen LogP contribution in [0.3, 0.4) is 0 Å². The summed E-state index contributed by atoms with van der Waals surface area (Å²) >= 11 is 0. The van der Waals surface area contributed by atoms with E-state index in [-0.39, 0.29) is 11.9 Å². The number of rotatable bonds is 3. The molecule has 0 saturated carbocycles. The second-order valence-corrected chi connectivity index (χ2v) is 6.86. The summed E-state index contributed by atoms with van der Waals surface area (Å²) in [4.78, 5) is 24.1. The molecule has 1 aliphatic heterocycles. The SMILES string of the molecule is O=C(c1cccc2cccnc12)N1CCC[C@H]1c1nc(-c2ccccc2)no1. The number of amides is 1. The second-order valence-electron chi connectivity index (χ2n) is 6.86. The van der Waals surface area contributed by atoms with Crippen LogP contribution in [0.15, 0.2) is 71.4 Å². The van der Waals surface area contributed by atoms with Gasteiger partial charge in [0.1, 0.15) is 6.04 Å². The third-order valence-electron chi connectivity index (χ3n) is 5.14. The molecule has 138 valence electrons. The van der Waals surface area contributed by atoms with Gasteiger partial charge < -0.3 is 9.42 Å². The first-order valence-electron chi connectivity index (χ1n) is 9.35. The molecule has 0 radical (unpaired) electrons. The maximum Gasteiger partial charge on any atom is 0.256 e. The van der Waals surface area contributed by atoms with Crippen LogP contribution in [0.1, 0.15) is 35.1 Å². The van der Waals surface area contributed by atoms with Crippen LogP contribution >= 0.6 is 0 Å². The molecule has 2 aromatic heterocycles. The van der Waals surface area contributed by atoms with E-state index in [1.165, 1.54) is 0 Å². The fraction of sp³-hybridized carbons (Fsp3) is 0.182. The maximum atomic E-state index is 13.3. The molecule has 0 N–H and O–H groups in total. The van der Waals surface area contributed by atoms with Crippen molar-refractivity contribution < 1.29 is 9.32 Å². The number of pyridine rings is 1. The van der Waals surface area contributed by atoms with Crippen LogP contribution in [0.25, 0.3) is 22.3 Å². The van der Waals surface area contributed by atoms with E-state index in [4.69, 9.17) is 4.52 Å². The Labute approximate surface area is 161 Å². The number of nitrogens with zero attached hydrogens (tertiary/aromatic N) is 4. The Morgan fingerprint density at radius 2 is 1.89 bits per heavy atom. The van der Waals surface area contributed by atoms with E-state index in [0.717, 1.165) is 29.3 Å². The van der Waals surface area contributed by atoms with Gasteiger partial charge in [-0.05, 0) is 25.0 Å². The van der Waals surface area contributed by atoms with Gasteiger partial charge in [0, 0.05) is 23.7 Å². The molecule has 3 heterocycles. The van der Waals surface area contributed by atoms with Crippen molar-refractivity contribution in [2.24, 2.45) is 0 Å². The van der Waals surface area contributed by atoms with E-state index in [2.05, 4.69) is 15.1 Å². The van der Waals surface area contributed by atoms with Crippen LogP contribution in [0.4, 0.5) is 0 Å². The summed E-state index contributed by atoms with van der Waals surface area (Å²) in [5.74, 6) is 0.978. The third-order valence-corrected chi connectivity index (χ3v) is 5.14.